The number of carbonyl (C=O) groups is 1. The molecule has 0 radical (unpaired) electrons. The summed E-state index contributed by atoms with van der Waals surface area (Å²) in [7, 11) is 1.72. The quantitative estimate of drug-likeness (QED) is 0.840. The fourth-order valence-corrected chi connectivity index (χ4v) is 1.30. The summed E-state index contributed by atoms with van der Waals surface area (Å²) >= 11 is 0. The summed E-state index contributed by atoms with van der Waals surface area (Å²) in [4.78, 5) is 13.1. The molecule has 0 fully saturated rings. The lowest BCUT2D eigenvalue weighted by Gasteiger charge is -2.20. The van der Waals surface area contributed by atoms with Crippen molar-refractivity contribution in [2.45, 2.75) is 19.9 Å². The lowest BCUT2D eigenvalue weighted by molar-refractivity contribution is 0.207. The molecule has 0 aromatic heterocycles. The standard InChI is InChI=1S/C12H17FN2O/c1-4-15(3)12(16)14-9(2)10-6-5-7-11(13)8-10/h5-9H,4H2,1-3H3,(H,14,16). The summed E-state index contributed by atoms with van der Waals surface area (Å²) in [6.45, 7) is 4.37. The van der Waals surface area contributed by atoms with Crippen molar-refractivity contribution in [1.82, 2.24) is 10.2 Å². The summed E-state index contributed by atoms with van der Waals surface area (Å²) < 4.78 is 13.0. The molecule has 0 spiro atoms. The maximum absolute atomic E-state index is 13.0. The molecule has 1 rings (SSSR count). The number of hydrogen-bond donors (Lipinski definition) is 1. The molecule has 3 nitrogen and oxygen atoms in total. The Morgan fingerprint density at radius 3 is 2.81 bits per heavy atom. The van der Waals surface area contributed by atoms with E-state index in [0.717, 1.165) is 5.56 Å². The summed E-state index contributed by atoms with van der Waals surface area (Å²) in [6, 6.07) is 5.89. The highest BCUT2D eigenvalue weighted by Gasteiger charge is 2.12. The van der Waals surface area contributed by atoms with Gasteiger partial charge in [-0.25, -0.2) is 9.18 Å². The summed E-state index contributed by atoms with van der Waals surface area (Å²) in [5.74, 6) is -0.289. The molecule has 1 atom stereocenters. The number of urea groups is 1. The van der Waals surface area contributed by atoms with E-state index in [1.165, 1.54) is 12.1 Å². The van der Waals surface area contributed by atoms with E-state index < -0.39 is 0 Å². The molecule has 1 N–H and O–H groups in total. The number of hydrogen-bond acceptors (Lipinski definition) is 1. The first-order chi connectivity index (χ1) is 7.54. The maximum atomic E-state index is 13.0. The minimum atomic E-state index is -0.289. The highest BCUT2D eigenvalue weighted by atomic mass is 19.1. The predicted molar refractivity (Wildman–Crippen MR) is 61.7 cm³/mol. The number of carbonyl (C=O) groups excluding carboxylic acids is 1. The Hall–Kier alpha value is -1.58. The Kier molecular flexibility index (Phi) is 4.28. The van der Waals surface area contributed by atoms with Crippen LogP contribution in [0.2, 0.25) is 0 Å². The van der Waals surface area contributed by atoms with E-state index in [4.69, 9.17) is 0 Å². The molecule has 0 bridgehead atoms. The van der Waals surface area contributed by atoms with Crippen LogP contribution in [0, 0.1) is 5.82 Å². The molecule has 1 aromatic carbocycles. The first-order valence-corrected chi connectivity index (χ1v) is 5.31. The molecule has 1 aromatic rings. The smallest absolute Gasteiger partial charge is 0.317 e. The van der Waals surface area contributed by atoms with E-state index in [1.54, 1.807) is 24.1 Å². The Morgan fingerprint density at radius 2 is 2.25 bits per heavy atom. The van der Waals surface area contributed by atoms with Gasteiger partial charge in [-0.2, -0.15) is 0 Å². The molecule has 16 heavy (non-hydrogen) atoms. The third kappa shape index (κ3) is 3.22. The van der Waals surface area contributed by atoms with Crippen LogP contribution in [0.15, 0.2) is 24.3 Å². The summed E-state index contributed by atoms with van der Waals surface area (Å²) in [5.41, 5.74) is 0.762. The largest absolute Gasteiger partial charge is 0.331 e. The summed E-state index contributed by atoms with van der Waals surface area (Å²) in [6.07, 6.45) is 0. The minimum absolute atomic E-state index is 0.153. The number of nitrogens with one attached hydrogen (secondary N) is 1. The van der Waals surface area contributed by atoms with E-state index in [1.807, 2.05) is 13.8 Å². The molecule has 0 aliphatic rings. The topological polar surface area (TPSA) is 32.3 Å². The molecule has 88 valence electrons. The van der Waals surface area contributed by atoms with Crippen molar-refractivity contribution in [2.75, 3.05) is 13.6 Å². The van der Waals surface area contributed by atoms with Gasteiger partial charge in [0.15, 0.2) is 0 Å². The fourth-order valence-electron chi connectivity index (χ4n) is 1.30. The van der Waals surface area contributed by atoms with Crippen molar-refractivity contribution < 1.29 is 9.18 Å². The van der Waals surface area contributed by atoms with Crippen LogP contribution in [0.3, 0.4) is 0 Å². The van der Waals surface area contributed by atoms with Gasteiger partial charge in [-0.3, -0.25) is 0 Å². The van der Waals surface area contributed by atoms with Gasteiger partial charge in [-0.05, 0) is 31.5 Å². The lowest BCUT2D eigenvalue weighted by atomic mass is 10.1. The van der Waals surface area contributed by atoms with Crippen LogP contribution in [0.25, 0.3) is 0 Å². The number of halogens is 1. The molecular formula is C12H17FN2O. The molecule has 0 saturated heterocycles. The van der Waals surface area contributed by atoms with E-state index in [9.17, 15) is 9.18 Å². The van der Waals surface area contributed by atoms with E-state index in [2.05, 4.69) is 5.32 Å². The molecule has 0 saturated carbocycles. The zero-order valence-corrected chi connectivity index (χ0v) is 9.83. The average Bonchev–Trinajstić information content (AvgIpc) is 2.27. The van der Waals surface area contributed by atoms with Gasteiger partial charge in [-0.15, -0.1) is 0 Å². The van der Waals surface area contributed by atoms with Gasteiger partial charge in [-0.1, -0.05) is 12.1 Å². The van der Waals surface area contributed by atoms with Crippen LogP contribution in [0.5, 0.6) is 0 Å². The number of amides is 2. The van der Waals surface area contributed by atoms with Gasteiger partial charge in [0.05, 0.1) is 6.04 Å². The molecule has 4 heteroatoms. The van der Waals surface area contributed by atoms with E-state index in [0.29, 0.717) is 6.54 Å². The molecule has 0 aliphatic carbocycles. The Labute approximate surface area is 95.3 Å². The van der Waals surface area contributed by atoms with E-state index >= 15 is 0 Å². The molecule has 2 amide bonds. The molecule has 0 heterocycles. The van der Waals surface area contributed by atoms with E-state index in [-0.39, 0.29) is 17.9 Å². The van der Waals surface area contributed by atoms with Crippen molar-refractivity contribution in [3.8, 4) is 0 Å². The average molecular weight is 224 g/mol. The first kappa shape index (κ1) is 12.5. The Bertz CT molecular complexity index is 368. The monoisotopic (exact) mass is 224 g/mol. The van der Waals surface area contributed by atoms with Crippen molar-refractivity contribution in [3.05, 3.63) is 35.6 Å². The SMILES string of the molecule is CCN(C)C(=O)NC(C)c1cccc(F)c1. The van der Waals surface area contributed by atoms with Crippen molar-refractivity contribution in [3.63, 3.8) is 0 Å². The van der Waals surface area contributed by atoms with Crippen molar-refractivity contribution >= 4 is 6.03 Å². The van der Waals surface area contributed by atoms with Crippen LogP contribution in [-0.4, -0.2) is 24.5 Å². The Balaban J connectivity index is 2.65. The van der Waals surface area contributed by atoms with Gasteiger partial charge in [0.25, 0.3) is 0 Å². The number of nitrogens with zero attached hydrogens (tertiary/aromatic N) is 1. The Morgan fingerprint density at radius 1 is 1.56 bits per heavy atom. The van der Waals surface area contributed by atoms with Crippen LogP contribution in [0.4, 0.5) is 9.18 Å². The highest BCUT2D eigenvalue weighted by Crippen LogP contribution is 2.13. The van der Waals surface area contributed by atoms with Crippen LogP contribution in [-0.2, 0) is 0 Å². The lowest BCUT2D eigenvalue weighted by Crippen LogP contribution is -2.38. The van der Waals surface area contributed by atoms with Crippen LogP contribution in [0.1, 0.15) is 25.5 Å². The van der Waals surface area contributed by atoms with Crippen molar-refractivity contribution in [1.29, 1.82) is 0 Å². The van der Waals surface area contributed by atoms with Gasteiger partial charge >= 0.3 is 6.03 Å². The van der Waals surface area contributed by atoms with Gasteiger partial charge < -0.3 is 10.2 Å². The van der Waals surface area contributed by atoms with Crippen LogP contribution >= 0.6 is 0 Å². The zero-order valence-electron chi connectivity index (χ0n) is 9.83. The first-order valence-electron chi connectivity index (χ1n) is 5.31. The fraction of sp³-hybridized carbons (Fsp3) is 0.417. The van der Waals surface area contributed by atoms with Gasteiger partial charge in [0.2, 0.25) is 0 Å². The number of rotatable bonds is 3. The van der Waals surface area contributed by atoms with Gasteiger partial charge in [0, 0.05) is 13.6 Å². The molecular weight excluding hydrogens is 207 g/mol. The second-order valence-corrected chi connectivity index (χ2v) is 3.74. The zero-order chi connectivity index (χ0) is 12.1. The number of benzene rings is 1. The van der Waals surface area contributed by atoms with Gasteiger partial charge in [0.1, 0.15) is 5.82 Å². The van der Waals surface area contributed by atoms with Crippen molar-refractivity contribution in [2.24, 2.45) is 0 Å². The predicted octanol–water partition coefficient (Wildman–Crippen LogP) is 2.55. The van der Waals surface area contributed by atoms with Crippen LogP contribution < -0.4 is 5.32 Å². The third-order valence-corrected chi connectivity index (χ3v) is 2.51. The third-order valence-electron chi connectivity index (χ3n) is 2.51. The second kappa shape index (κ2) is 5.49. The maximum Gasteiger partial charge on any atom is 0.317 e. The second-order valence-electron chi connectivity index (χ2n) is 3.74. The molecule has 1 unspecified atom stereocenters. The normalized spacial score (nSPS) is 12.0. The highest BCUT2D eigenvalue weighted by molar-refractivity contribution is 5.74. The summed E-state index contributed by atoms with van der Waals surface area (Å²) in [5, 5.41) is 2.79. The minimum Gasteiger partial charge on any atom is -0.331 e. The molecule has 0 aliphatic heterocycles.